The fourth-order valence-electron chi connectivity index (χ4n) is 2.85. The van der Waals surface area contributed by atoms with Gasteiger partial charge in [-0.05, 0) is 61.9 Å². The second-order valence-corrected chi connectivity index (χ2v) is 9.10. The van der Waals surface area contributed by atoms with Gasteiger partial charge in [-0.1, -0.05) is 53.9 Å². The molecule has 160 valence electrons. The molecule has 0 aliphatic rings. The lowest BCUT2D eigenvalue weighted by Crippen LogP contribution is -2.24. The van der Waals surface area contributed by atoms with Gasteiger partial charge < -0.3 is 10.6 Å². The van der Waals surface area contributed by atoms with Crippen LogP contribution in [0.25, 0.3) is 0 Å². The third-order valence-electron chi connectivity index (χ3n) is 4.54. The summed E-state index contributed by atoms with van der Waals surface area (Å²) < 4.78 is 0. The lowest BCUT2D eigenvalue weighted by Gasteiger charge is -2.16. The van der Waals surface area contributed by atoms with Crippen molar-refractivity contribution in [2.24, 2.45) is 0 Å². The van der Waals surface area contributed by atoms with E-state index < -0.39 is 0 Å². The zero-order valence-electron chi connectivity index (χ0n) is 17.1. The topological polar surface area (TPSA) is 58.2 Å². The summed E-state index contributed by atoms with van der Waals surface area (Å²) >= 11 is 13.5. The van der Waals surface area contributed by atoms with E-state index in [0.717, 1.165) is 10.5 Å². The average Bonchev–Trinajstić information content (AvgIpc) is 2.74. The van der Waals surface area contributed by atoms with E-state index in [9.17, 15) is 9.59 Å². The van der Waals surface area contributed by atoms with Gasteiger partial charge in [0.2, 0.25) is 5.91 Å². The molecule has 3 rings (SSSR count). The maximum absolute atomic E-state index is 12.8. The fraction of sp³-hybridized carbons (Fsp3) is 0.167. The molecule has 3 aromatic carbocycles. The van der Waals surface area contributed by atoms with Crippen molar-refractivity contribution in [2.45, 2.75) is 30.4 Å². The molecular weight excluding hydrogens is 451 g/mol. The number of hydrogen-bond acceptors (Lipinski definition) is 3. The smallest absolute Gasteiger partial charge is 0.255 e. The van der Waals surface area contributed by atoms with Crippen molar-refractivity contribution >= 4 is 58.2 Å². The van der Waals surface area contributed by atoms with Gasteiger partial charge in [-0.15, -0.1) is 11.8 Å². The SMILES string of the molecule is CCC(Sc1cccc(NC(=O)c2ccc(C)cc2)c1)C(=O)Nc1ccc(Cl)cc1Cl. The molecular formula is C24H22Cl2N2O2S. The number of carbonyl (C=O) groups excluding carboxylic acids is 2. The van der Waals surface area contributed by atoms with Crippen LogP contribution in [0.3, 0.4) is 0 Å². The van der Waals surface area contributed by atoms with E-state index in [1.54, 1.807) is 30.3 Å². The summed E-state index contributed by atoms with van der Waals surface area (Å²) in [5.41, 5.74) is 2.88. The maximum Gasteiger partial charge on any atom is 0.255 e. The molecule has 0 aliphatic heterocycles. The lowest BCUT2D eigenvalue weighted by atomic mass is 10.1. The van der Waals surface area contributed by atoms with Crippen LogP contribution < -0.4 is 10.6 Å². The van der Waals surface area contributed by atoms with Crippen molar-refractivity contribution < 1.29 is 9.59 Å². The summed E-state index contributed by atoms with van der Waals surface area (Å²) in [6.07, 6.45) is 0.627. The van der Waals surface area contributed by atoms with E-state index in [0.29, 0.717) is 33.4 Å². The Morgan fingerprint density at radius 1 is 0.968 bits per heavy atom. The number of anilines is 2. The Bertz CT molecular complexity index is 1090. The minimum atomic E-state index is -0.324. The van der Waals surface area contributed by atoms with Crippen LogP contribution in [0.1, 0.15) is 29.3 Å². The monoisotopic (exact) mass is 472 g/mol. The van der Waals surface area contributed by atoms with E-state index in [2.05, 4.69) is 10.6 Å². The highest BCUT2D eigenvalue weighted by atomic mass is 35.5. The normalized spacial score (nSPS) is 11.6. The minimum Gasteiger partial charge on any atom is -0.324 e. The summed E-state index contributed by atoms with van der Waals surface area (Å²) in [6.45, 7) is 3.92. The zero-order valence-corrected chi connectivity index (χ0v) is 19.4. The number of benzene rings is 3. The molecule has 1 atom stereocenters. The molecule has 0 bridgehead atoms. The summed E-state index contributed by atoms with van der Waals surface area (Å²) in [7, 11) is 0. The molecule has 2 N–H and O–H groups in total. The number of nitrogens with one attached hydrogen (secondary N) is 2. The minimum absolute atomic E-state index is 0.147. The summed E-state index contributed by atoms with van der Waals surface area (Å²) in [6, 6.07) is 19.8. The van der Waals surface area contributed by atoms with Gasteiger partial charge in [-0.3, -0.25) is 9.59 Å². The van der Waals surface area contributed by atoms with E-state index in [4.69, 9.17) is 23.2 Å². The van der Waals surface area contributed by atoms with Crippen molar-refractivity contribution in [2.75, 3.05) is 10.6 Å². The first-order valence-electron chi connectivity index (χ1n) is 9.76. The Morgan fingerprint density at radius 2 is 1.71 bits per heavy atom. The number of carbonyl (C=O) groups is 2. The molecule has 0 saturated heterocycles. The van der Waals surface area contributed by atoms with E-state index in [-0.39, 0.29) is 17.1 Å². The number of aryl methyl sites for hydroxylation is 1. The zero-order chi connectivity index (χ0) is 22.4. The first kappa shape index (κ1) is 23.2. The first-order valence-corrected chi connectivity index (χ1v) is 11.4. The third-order valence-corrected chi connectivity index (χ3v) is 6.44. The average molecular weight is 473 g/mol. The highest BCUT2D eigenvalue weighted by Gasteiger charge is 2.19. The van der Waals surface area contributed by atoms with Gasteiger partial charge in [0.15, 0.2) is 0 Å². The Hall–Kier alpha value is -2.47. The van der Waals surface area contributed by atoms with Crippen molar-refractivity contribution in [3.05, 3.63) is 87.9 Å². The Morgan fingerprint density at radius 3 is 2.39 bits per heavy atom. The predicted octanol–water partition coefficient (Wildman–Crippen LogP) is 7.06. The predicted molar refractivity (Wildman–Crippen MR) is 131 cm³/mol. The second kappa shape index (κ2) is 10.7. The third kappa shape index (κ3) is 6.50. The van der Waals surface area contributed by atoms with Crippen LogP contribution in [-0.4, -0.2) is 17.1 Å². The number of hydrogen-bond donors (Lipinski definition) is 2. The van der Waals surface area contributed by atoms with Crippen molar-refractivity contribution in [3.63, 3.8) is 0 Å². The molecule has 4 nitrogen and oxygen atoms in total. The molecule has 2 amide bonds. The summed E-state index contributed by atoms with van der Waals surface area (Å²) in [5, 5.41) is 6.34. The van der Waals surface area contributed by atoms with Crippen LogP contribution in [-0.2, 0) is 4.79 Å². The van der Waals surface area contributed by atoms with Gasteiger partial charge in [-0.25, -0.2) is 0 Å². The van der Waals surface area contributed by atoms with Gasteiger partial charge in [0.1, 0.15) is 0 Å². The van der Waals surface area contributed by atoms with Gasteiger partial charge in [-0.2, -0.15) is 0 Å². The number of rotatable bonds is 7. The molecule has 0 fully saturated rings. The van der Waals surface area contributed by atoms with Crippen LogP contribution in [0.15, 0.2) is 71.6 Å². The van der Waals surface area contributed by atoms with Crippen LogP contribution in [0.4, 0.5) is 11.4 Å². The molecule has 7 heteroatoms. The van der Waals surface area contributed by atoms with Gasteiger partial charge in [0, 0.05) is 21.2 Å². The number of thioether (sulfide) groups is 1. The number of amides is 2. The van der Waals surface area contributed by atoms with Crippen LogP contribution in [0, 0.1) is 6.92 Å². The van der Waals surface area contributed by atoms with E-state index in [1.807, 2.05) is 50.2 Å². The molecule has 3 aromatic rings. The molecule has 0 aliphatic carbocycles. The van der Waals surface area contributed by atoms with Crippen LogP contribution in [0.5, 0.6) is 0 Å². The Labute approximate surface area is 196 Å². The largest absolute Gasteiger partial charge is 0.324 e. The summed E-state index contributed by atoms with van der Waals surface area (Å²) in [5.74, 6) is -0.324. The highest BCUT2D eigenvalue weighted by Crippen LogP contribution is 2.30. The quantitative estimate of drug-likeness (QED) is 0.361. The Kier molecular flexibility index (Phi) is 8.02. The molecule has 0 spiro atoms. The Balaban J connectivity index is 1.67. The van der Waals surface area contributed by atoms with Crippen molar-refractivity contribution in [3.8, 4) is 0 Å². The van der Waals surface area contributed by atoms with Crippen molar-refractivity contribution in [1.82, 2.24) is 0 Å². The van der Waals surface area contributed by atoms with Gasteiger partial charge in [0.25, 0.3) is 5.91 Å². The fourth-order valence-corrected chi connectivity index (χ4v) is 4.31. The molecule has 31 heavy (non-hydrogen) atoms. The van der Waals surface area contributed by atoms with E-state index >= 15 is 0 Å². The van der Waals surface area contributed by atoms with Crippen molar-refractivity contribution in [1.29, 1.82) is 0 Å². The van der Waals surface area contributed by atoms with Crippen LogP contribution in [0.2, 0.25) is 10.0 Å². The molecule has 0 aromatic heterocycles. The van der Waals surface area contributed by atoms with Gasteiger partial charge >= 0.3 is 0 Å². The molecule has 0 saturated carbocycles. The number of halogens is 2. The molecule has 0 heterocycles. The highest BCUT2D eigenvalue weighted by molar-refractivity contribution is 8.00. The molecule has 0 radical (unpaired) electrons. The standard InChI is InChI=1S/C24H22Cl2N2O2S/c1-3-22(24(30)28-21-12-11-17(25)13-20(21)26)31-19-6-4-5-18(14-19)27-23(29)16-9-7-15(2)8-10-16/h4-14,22H,3H2,1-2H3,(H,27,29)(H,28,30). The lowest BCUT2D eigenvalue weighted by molar-refractivity contribution is -0.115. The maximum atomic E-state index is 12.8. The van der Waals surface area contributed by atoms with Crippen LogP contribution >= 0.6 is 35.0 Å². The van der Waals surface area contributed by atoms with E-state index in [1.165, 1.54) is 11.8 Å². The molecule has 1 unspecified atom stereocenters. The summed E-state index contributed by atoms with van der Waals surface area (Å²) in [4.78, 5) is 26.1. The van der Waals surface area contributed by atoms with Gasteiger partial charge in [0.05, 0.1) is 16.0 Å². The first-order chi connectivity index (χ1) is 14.9. The second-order valence-electron chi connectivity index (χ2n) is 6.98.